The Morgan fingerprint density at radius 2 is 2.14 bits per heavy atom. The van der Waals surface area contributed by atoms with E-state index < -0.39 is 0 Å². The van der Waals surface area contributed by atoms with Crippen LogP contribution in [0.1, 0.15) is 43.7 Å². The van der Waals surface area contributed by atoms with Crippen molar-refractivity contribution in [2.45, 2.75) is 38.6 Å². The highest BCUT2D eigenvalue weighted by Gasteiger charge is 2.49. The van der Waals surface area contributed by atoms with Gasteiger partial charge in [0.25, 0.3) is 5.91 Å². The zero-order valence-corrected chi connectivity index (χ0v) is 12.5. The van der Waals surface area contributed by atoms with E-state index in [4.69, 9.17) is 4.52 Å². The van der Waals surface area contributed by atoms with Gasteiger partial charge in [0.05, 0.1) is 11.7 Å². The van der Waals surface area contributed by atoms with Crippen LogP contribution in [-0.2, 0) is 4.79 Å². The third kappa shape index (κ3) is 2.32. The van der Waals surface area contributed by atoms with E-state index in [1.807, 2.05) is 18.7 Å². The number of amides is 2. The lowest BCUT2D eigenvalue weighted by Gasteiger charge is -2.36. The number of aromatic nitrogens is 1. The standard InChI is InChI=1S/C15H21N3O3/c1-11(2)13(19)18-8-3-5-15(18)6-9-17(10-15)14(20)12-4-7-16-21-12/h4,7,11H,3,5-6,8-10H2,1-2H3/t15-/m1/s1. The van der Waals surface area contributed by atoms with Crippen molar-refractivity contribution in [3.8, 4) is 0 Å². The average molecular weight is 291 g/mol. The number of nitrogens with zero attached hydrogens (tertiary/aromatic N) is 3. The Morgan fingerprint density at radius 3 is 2.81 bits per heavy atom. The molecule has 2 aliphatic heterocycles. The number of hydrogen-bond acceptors (Lipinski definition) is 4. The normalized spacial score (nSPS) is 25.3. The maximum Gasteiger partial charge on any atom is 0.292 e. The minimum Gasteiger partial charge on any atom is -0.351 e. The molecule has 1 atom stereocenters. The van der Waals surface area contributed by atoms with Crippen molar-refractivity contribution >= 4 is 11.8 Å². The molecule has 0 radical (unpaired) electrons. The molecule has 6 nitrogen and oxygen atoms in total. The van der Waals surface area contributed by atoms with E-state index in [0.717, 1.165) is 25.8 Å². The molecule has 21 heavy (non-hydrogen) atoms. The van der Waals surface area contributed by atoms with E-state index in [2.05, 4.69) is 5.16 Å². The molecule has 6 heteroatoms. The van der Waals surface area contributed by atoms with Crippen molar-refractivity contribution in [1.29, 1.82) is 0 Å². The Morgan fingerprint density at radius 1 is 1.33 bits per heavy atom. The number of likely N-dealkylation sites (tertiary alicyclic amines) is 2. The second-order valence-corrected chi connectivity index (χ2v) is 6.33. The van der Waals surface area contributed by atoms with Gasteiger partial charge in [-0.15, -0.1) is 0 Å². The minimum atomic E-state index is -0.170. The molecule has 0 saturated carbocycles. The van der Waals surface area contributed by atoms with Crippen LogP contribution < -0.4 is 0 Å². The van der Waals surface area contributed by atoms with E-state index in [-0.39, 0.29) is 29.0 Å². The molecule has 114 valence electrons. The number of hydrogen-bond donors (Lipinski definition) is 0. The third-order valence-electron chi connectivity index (χ3n) is 4.62. The zero-order valence-electron chi connectivity index (χ0n) is 12.5. The first kappa shape index (κ1) is 14.1. The summed E-state index contributed by atoms with van der Waals surface area (Å²) in [5.41, 5.74) is -0.170. The van der Waals surface area contributed by atoms with Crippen LogP contribution in [0.4, 0.5) is 0 Å². The van der Waals surface area contributed by atoms with Crippen molar-refractivity contribution in [1.82, 2.24) is 15.0 Å². The van der Waals surface area contributed by atoms with Gasteiger partial charge >= 0.3 is 0 Å². The molecule has 0 aliphatic carbocycles. The van der Waals surface area contributed by atoms with E-state index in [1.54, 1.807) is 11.0 Å². The third-order valence-corrected chi connectivity index (χ3v) is 4.62. The van der Waals surface area contributed by atoms with Gasteiger partial charge in [-0.3, -0.25) is 9.59 Å². The molecule has 2 fully saturated rings. The summed E-state index contributed by atoms with van der Waals surface area (Å²) in [6.45, 7) is 5.94. The van der Waals surface area contributed by atoms with Gasteiger partial charge in [-0.1, -0.05) is 19.0 Å². The summed E-state index contributed by atoms with van der Waals surface area (Å²) < 4.78 is 4.95. The Balaban J connectivity index is 1.76. The summed E-state index contributed by atoms with van der Waals surface area (Å²) in [6, 6.07) is 1.58. The van der Waals surface area contributed by atoms with Crippen LogP contribution in [0.15, 0.2) is 16.8 Å². The summed E-state index contributed by atoms with van der Waals surface area (Å²) in [7, 11) is 0. The summed E-state index contributed by atoms with van der Waals surface area (Å²) >= 11 is 0. The predicted molar refractivity (Wildman–Crippen MR) is 75.5 cm³/mol. The lowest BCUT2D eigenvalue weighted by Crippen LogP contribution is -2.51. The van der Waals surface area contributed by atoms with Gasteiger partial charge in [0.1, 0.15) is 0 Å². The highest BCUT2D eigenvalue weighted by molar-refractivity contribution is 5.91. The first-order valence-corrected chi connectivity index (χ1v) is 7.55. The molecule has 3 heterocycles. The molecular formula is C15H21N3O3. The molecule has 1 spiro atoms. The number of rotatable bonds is 2. The molecular weight excluding hydrogens is 270 g/mol. The smallest absolute Gasteiger partial charge is 0.292 e. The van der Waals surface area contributed by atoms with Gasteiger partial charge < -0.3 is 14.3 Å². The fourth-order valence-corrected chi connectivity index (χ4v) is 3.53. The van der Waals surface area contributed by atoms with Crippen LogP contribution in [-0.4, -0.2) is 51.9 Å². The van der Waals surface area contributed by atoms with Crippen LogP contribution in [0.25, 0.3) is 0 Å². The Kier molecular flexibility index (Phi) is 3.47. The summed E-state index contributed by atoms with van der Waals surface area (Å²) in [6.07, 6.45) is 4.32. The van der Waals surface area contributed by atoms with Crippen LogP contribution in [0.3, 0.4) is 0 Å². The van der Waals surface area contributed by atoms with Crippen LogP contribution >= 0.6 is 0 Å². The number of carbonyl (C=O) groups is 2. The first-order valence-electron chi connectivity index (χ1n) is 7.55. The molecule has 2 aliphatic rings. The topological polar surface area (TPSA) is 66.7 Å². The molecule has 0 bridgehead atoms. The summed E-state index contributed by atoms with van der Waals surface area (Å²) in [4.78, 5) is 28.5. The minimum absolute atomic E-state index is 0.000926. The van der Waals surface area contributed by atoms with Crippen molar-refractivity contribution in [3.63, 3.8) is 0 Å². The highest BCUT2D eigenvalue weighted by Crippen LogP contribution is 2.38. The van der Waals surface area contributed by atoms with Crippen LogP contribution in [0.5, 0.6) is 0 Å². The van der Waals surface area contributed by atoms with Gasteiger partial charge in [0.15, 0.2) is 0 Å². The zero-order chi connectivity index (χ0) is 15.0. The predicted octanol–water partition coefficient (Wildman–Crippen LogP) is 1.54. The van der Waals surface area contributed by atoms with E-state index in [0.29, 0.717) is 13.1 Å². The monoisotopic (exact) mass is 291 g/mol. The summed E-state index contributed by atoms with van der Waals surface area (Å²) in [5, 5.41) is 3.58. The summed E-state index contributed by atoms with van der Waals surface area (Å²) in [5.74, 6) is 0.334. The van der Waals surface area contributed by atoms with E-state index >= 15 is 0 Å². The van der Waals surface area contributed by atoms with Gasteiger partial charge in [-0.2, -0.15) is 0 Å². The quantitative estimate of drug-likeness (QED) is 0.829. The SMILES string of the molecule is CC(C)C(=O)N1CCC[C@]12CCN(C(=O)c1ccno1)C2. The van der Waals surface area contributed by atoms with Crippen molar-refractivity contribution in [2.24, 2.45) is 5.92 Å². The molecule has 0 aromatic carbocycles. The van der Waals surface area contributed by atoms with Crippen molar-refractivity contribution < 1.29 is 14.1 Å². The molecule has 2 saturated heterocycles. The van der Waals surface area contributed by atoms with Gasteiger partial charge in [0.2, 0.25) is 11.7 Å². The second kappa shape index (κ2) is 5.16. The Hall–Kier alpha value is -1.85. The largest absolute Gasteiger partial charge is 0.351 e. The lowest BCUT2D eigenvalue weighted by molar-refractivity contribution is -0.138. The van der Waals surface area contributed by atoms with E-state index in [9.17, 15) is 9.59 Å². The molecule has 0 unspecified atom stereocenters. The van der Waals surface area contributed by atoms with Crippen LogP contribution in [0.2, 0.25) is 0 Å². The first-order chi connectivity index (χ1) is 10.0. The molecule has 0 N–H and O–H groups in total. The van der Waals surface area contributed by atoms with Crippen LogP contribution in [0, 0.1) is 5.92 Å². The number of carbonyl (C=O) groups excluding carboxylic acids is 2. The fraction of sp³-hybridized carbons (Fsp3) is 0.667. The Labute approximate surface area is 124 Å². The maximum absolute atomic E-state index is 12.4. The maximum atomic E-state index is 12.4. The molecule has 1 aromatic rings. The average Bonchev–Trinajstić information content (AvgIpc) is 3.19. The lowest BCUT2D eigenvalue weighted by atomic mass is 9.94. The van der Waals surface area contributed by atoms with Gasteiger partial charge in [0, 0.05) is 31.6 Å². The van der Waals surface area contributed by atoms with Gasteiger partial charge in [-0.05, 0) is 19.3 Å². The highest BCUT2D eigenvalue weighted by atomic mass is 16.5. The van der Waals surface area contributed by atoms with E-state index in [1.165, 1.54) is 6.20 Å². The Bertz CT molecular complexity index is 540. The fourth-order valence-electron chi connectivity index (χ4n) is 3.53. The van der Waals surface area contributed by atoms with Crippen molar-refractivity contribution in [3.05, 3.63) is 18.0 Å². The molecule has 1 aromatic heterocycles. The molecule has 3 rings (SSSR count). The van der Waals surface area contributed by atoms with Crippen molar-refractivity contribution in [2.75, 3.05) is 19.6 Å². The molecule has 2 amide bonds. The van der Waals surface area contributed by atoms with Gasteiger partial charge in [-0.25, -0.2) is 0 Å². The second-order valence-electron chi connectivity index (χ2n) is 6.33.